The van der Waals surface area contributed by atoms with Gasteiger partial charge in [-0.25, -0.2) is 0 Å². The highest BCUT2D eigenvalue weighted by Gasteiger charge is 2.09. The van der Waals surface area contributed by atoms with Crippen molar-refractivity contribution < 1.29 is 14.3 Å². The van der Waals surface area contributed by atoms with Crippen LogP contribution in [0.1, 0.15) is 38.2 Å². The Morgan fingerprint density at radius 1 is 1.44 bits per heavy atom. The molecule has 0 aliphatic carbocycles. The molecule has 4 nitrogen and oxygen atoms in total. The Morgan fingerprint density at radius 3 is 2.72 bits per heavy atom. The van der Waals surface area contributed by atoms with Gasteiger partial charge in [0.1, 0.15) is 11.5 Å². The number of hydrogen-bond acceptors (Lipinski definition) is 3. The summed E-state index contributed by atoms with van der Waals surface area (Å²) in [6, 6.07) is 3.80. The number of amides is 1. The number of carbonyl (C=O) groups is 1. The topological polar surface area (TPSA) is 62.5 Å². The fourth-order valence-electron chi connectivity index (χ4n) is 1.90. The minimum atomic E-state index is -0.317. The molecule has 0 aliphatic heterocycles. The second kappa shape index (κ2) is 7.21. The quantitative estimate of drug-likeness (QED) is 0.781. The second-order valence-electron chi connectivity index (χ2n) is 5.01. The van der Waals surface area contributed by atoms with Crippen LogP contribution >= 0.6 is 0 Å². The molecular weight excluding hydrogens is 230 g/mol. The van der Waals surface area contributed by atoms with Gasteiger partial charge in [0.05, 0.1) is 6.10 Å². The zero-order valence-corrected chi connectivity index (χ0v) is 11.4. The van der Waals surface area contributed by atoms with Crippen molar-refractivity contribution in [3.05, 3.63) is 23.7 Å². The van der Waals surface area contributed by atoms with E-state index in [-0.39, 0.29) is 12.0 Å². The van der Waals surface area contributed by atoms with E-state index in [1.165, 1.54) is 0 Å². The van der Waals surface area contributed by atoms with E-state index in [0.717, 1.165) is 11.5 Å². The van der Waals surface area contributed by atoms with Crippen molar-refractivity contribution in [3.63, 3.8) is 0 Å². The molecule has 0 aromatic carbocycles. The van der Waals surface area contributed by atoms with E-state index in [2.05, 4.69) is 5.32 Å². The Labute approximate surface area is 108 Å². The van der Waals surface area contributed by atoms with Crippen molar-refractivity contribution in [1.82, 2.24) is 5.32 Å². The average molecular weight is 253 g/mol. The highest BCUT2D eigenvalue weighted by molar-refractivity contribution is 5.76. The van der Waals surface area contributed by atoms with Crippen LogP contribution in [-0.4, -0.2) is 23.7 Å². The van der Waals surface area contributed by atoms with E-state index >= 15 is 0 Å². The smallest absolute Gasteiger partial charge is 0.220 e. The molecule has 0 fully saturated rings. The van der Waals surface area contributed by atoms with E-state index < -0.39 is 0 Å². The normalized spacial score (nSPS) is 14.2. The Hall–Kier alpha value is -1.29. The SMILES string of the molecule is Cc1ccc(CCC(=O)NCC(C)CC(C)O)o1. The molecule has 0 bridgehead atoms. The Kier molecular flexibility index (Phi) is 5.92. The Balaban J connectivity index is 2.18. The van der Waals surface area contributed by atoms with Crippen LogP contribution in [0.2, 0.25) is 0 Å². The minimum Gasteiger partial charge on any atom is -0.466 e. The summed E-state index contributed by atoms with van der Waals surface area (Å²) in [4.78, 5) is 11.6. The predicted octanol–water partition coefficient (Wildman–Crippen LogP) is 2.04. The number of hydrogen-bond donors (Lipinski definition) is 2. The van der Waals surface area contributed by atoms with E-state index in [4.69, 9.17) is 4.42 Å². The van der Waals surface area contributed by atoms with Crippen LogP contribution in [0.25, 0.3) is 0 Å². The number of carbonyl (C=O) groups excluding carboxylic acids is 1. The molecule has 0 saturated heterocycles. The summed E-state index contributed by atoms with van der Waals surface area (Å²) in [5.74, 6) is 2.04. The third kappa shape index (κ3) is 5.87. The van der Waals surface area contributed by atoms with Crippen LogP contribution in [0.5, 0.6) is 0 Å². The molecule has 0 aliphatic rings. The van der Waals surface area contributed by atoms with Crippen LogP contribution in [-0.2, 0) is 11.2 Å². The molecule has 1 rings (SSSR count). The highest BCUT2D eigenvalue weighted by atomic mass is 16.3. The number of aliphatic hydroxyl groups is 1. The maximum Gasteiger partial charge on any atom is 0.220 e. The van der Waals surface area contributed by atoms with Crippen LogP contribution < -0.4 is 5.32 Å². The summed E-state index contributed by atoms with van der Waals surface area (Å²) in [6.07, 6.45) is 1.46. The zero-order chi connectivity index (χ0) is 13.5. The Morgan fingerprint density at radius 2 is 2.17 bits per heavy atom. The molecule has 0 radical (unpaired) electrons. The van der Waals surface area contributed by atoms with Gasteiger partial charge in [-0.2, -0.15) is 0 Å². The number of aryl methyl sites for hydroxylation is 2. The van der Waals surface area contributed by atoms with Crippen molar-refractivity contribution in [2.45, 2.75) is 46.1 Å². The summed E-state index contributed by atoms with van der Waals surface area (Å²) >= 11 is 0. The fraction of sp³-hybridized carbons (Fsp3) is 0.643. The van der Waals surface area contributed by atoms with Crippen molar-refractivity contribution in [2.24, 2.45) is 5.92 Å². The van der Waals surface area contributed by atoms with Gasteiger partial charge < -0.3 is 14.8 Å². The highest BCUT2D eigenvalue weighted by Crippen LogP contribution is 2.09. The molecular formula is C14H23NO3. The standard InChI is InChI=1S/C14H23NO3/c1-10(8-11(2)16)9-15-14(17)7-6-13-5-4-12(3)18-13/h4-5,10-11,16H,6-9H2,1-3H3,(H,15,17). The summed E-state index contributed by atoms with van der Waals surface area (Å²) in [5, 5.41) is 12.1. The van der Waals surface area contributed by atoms with Gasteiger partial charge in [0.15, 0.2) is 0 Å². The van der Waals surface area contributed by atoms with Gasteiger partial charge in [0.25, 0.3) is 0 Å². The number of rotatable bonds is 7. The van der Waals surface area contributed by atoms with Gasteiger partial charge >= 0.3 is 0 Å². The van der Waals surface area contributed by atoms with E-state index in [0.29, 0.717) is 31.7 Å². The molecule has 1 heterocycles. The second-order valence-corrected chi connectivity index (χ2v) is 5.01. The van der Waals surface area contributed by atoms with E-state index in [1.54, 1.807) is 6.92 Å². The fourth-order valence-corrected chi connectivity index (χ4v) is 1.90. The number of nitrogens with one attached hydrogen (secondary N) is 1. The van der Waals surface area contributed by atoms with Gasteiger partial charge in [-0.3, -0.25) is 4.79 Å². The van der Waals surface area contributed by atoms with Crippen molar-refractivity contribution >= 4 is 5.91 Å². The van der Waals surface area contributed by atoms with Crippen molar-refractivity contribution in [2.75, 3.05) is 6.54 Å². The lowest BCUT2D eigenvalue weighted by atomic mass is 10.0. The van der Waals surface area contributed by atoms with E-state index in [1.807, 2.05) is 26.0 Å². The lowest BCUT2D eigenvalue weighted by Gasteiger charge is -2.13. The first kappa shape index (κ1) is 14.8. The third-order valence-corrected chi connectivity index (χ3v) is 2.79. The predicted molar refractivity (Wildman–Crippen MR) is 70.2 cm³/mol. The first-order valence-corrected chi connectivity index (χ1v) is 6.47. The summed E-state index contributed by atoms with van der Waals surface area (Å²) < 4.78 is 5.40. The molecule has 2 N–H and O–H groups in total. The third-order valence-electron chi connectivity index (χ3n) is 2.79. The largest absolute Gasteiger partial charge is 0.466 e. The summed E-state index contributed by atoms with van der Waals surface area (Å²) in [7, 11) is 0. The van der Waals surface area contributed by atoms with Crippen molar-refractivity contribution in [1.29, 1.82) is 0 Å². The molecule has 2 unspecified atom stereocenters. The first-order chi connectivity index (χ1) is 8.47. The Bertz CT molecular complexity index is 371. The molecule has 18 heavy (non-hydrogen) atoms. The average Bonchev–Trinajstić information content (AvgIpc) is 2.69. The summed E-state index contributed by atoms with van der Waals surface area (Å²) in [5.41, 5.74) is 0. The lowest BCUT2D eigenvalue weighted by Crippen LogP contribution is -2.29. The molecule has 4 heteroatoms. The van der Waals surface area contributed by atoms with Crippen molar-refractivity contribution in [3.8, 4) is 0 Å². The molecule has 0 saturated carbocycles. The first-order valence-electron chi connectivity index (χ1n) is 6.47. The van der Waals surface area contributed by atoms with E-state index in [9.17, 15) is 9.90 Å². The molecule has 1 amide bonds. The van der Waals surface area contributed by atoms with Crippen LogP contribution in [0.15, 0.2) is 16.5 Å². The van der Waals surface area contributed by atoms with Gasteiger partial charge in [0.2, 0.25) is 5.91 Å². The van der Waals surface area contributed by atoms with Crippen LogP contribution in [0.4, 0.5) is 0 Å². The van der Waals surface area contributed by atoms with Crippen LogP contribution in [0.3, 0.4) is 0 Å². The monoisotopic (exact) mass is 253 g/mol. The molecule has 1 aromatic rings. The maximum atomic E-state index is 11.6. The number of aliphatic hydroxyl groups excluding tert-OH is 1. The molecule has 0 spiro atoms. The van der Waals surface area contributed by atoms with Gasteiger partial charge in [-0.05, 0) is 38.3 Å². The lowest BCUT2D eigenvalue weighted by molar-refractivity contribution is -0.121. The number of furan rings is 1. The molecule has 102 valence electrons. The maximum absolute atomic E-state index is 11.6. The molecule has 2 atom stereocenters. The summed E-state index contributed by atoms with van der Waals surface area (Å²) in [6.45, 7) is 6.28. The molecule has 1 aromatic heterocycles. The zero-order valence-electron chi connectivity index (χ0n) is 11.4. The van der Waals surface area contributed by atoms with Gasteiger partial charge in [0, 0.05) is 19.4 Å². The minimum absolute atomic E-state index is 0.0292. The van der Waals surface area contributed by atoms with Gasteiger partial charge in [-0.1, -0.05) is 6.92 Å². The van der Waals surface area contributed by atoms with Gasteiger partial charge in [-0.15, -0.1) is 0 Å². The van der Waals surface area contributed by atoms with Crippen LogP contribution in [0, 0.1) is 12.8 Å².